The van der Waals surface area contributed by atoms with Gasteiger partial charge in [-0.2, -0.15) is 0 Å². The van der Waals surface area contributed by atoms with E-state index in [9.17, 15) is 19.2 Å². The number of carboxylic acid groups (broad SMARTS) is 1. The van der Waals surface area contributed by atoms with Crippen LogP contribution in [0.5, 0.6) is 5.75 Å². The molecule has 0 radical (unpaired) electrons. The average Bonchev–Trinajstić information content (AvgIpc) is 2.46. The van der Waals surface area contributed by atoms with E-state index in [1.54, 1.807) is 6.92 Å². The molecule has 124 valence electrons. The van der Waals surface area contributed by atoms with Crippen molar-refractivity contribution in [2.24, 2.45) is 0 Å². The molecule has 0 fully saturated rings. The molecule has 0 unspecified atom stereocenters. The van der Waals surface area contributed by atoms with Gasteiger partial charge in [-0.1, -0.05) is 6.07 Å². The van der Waals surface area contributed by atoms with Crippen LogP contribution in [0.3, 0.4) is 0 Å². The summed E-state index contributed by atoms with van der Waals surface area (Å²) in [5.74, 6) is -3.19. The SMILES string of the molecule is CCOC(=O)C[C@H](NC(=O)c1cccc(OC(C)=O)c1)C(=O)O. The van der Waals surface area contributed by atoms with Gasteiger partial charge in [-0.3, -0.25) is 14.4 Å². The van der Waals surface area contributed by atoms with Crippen LogP contribution < -0.4 is 10.1 Å². The van der Waals surface area contributed by atoms with Gasteiger partial charge in [0.25, 0.3) is 5.91 Å². The number of carboxylic acids is 1. The quantitative estimate of drug-likeness (QED) is 0.561. The number of amides is 1. The molecular weight excluding hydrogens is 306 g/mol. The first-order chi connectivity index (χ1) is 10.8. The first-order valence-corrected chi connectivity index (χ1v) is 6.81. The van der Waals surface area contributed by atoms with Gasteiger partial charge < -0.3 is 19.9 Å². The van der Waals surface area contributed by atoms with Crippen molar-refractivity contribution in [1.29, 1.82) is 0 Å². The molecule has 1 rings (SSSR count). The number of ether oxygens (including phenoxy) is 2. The molecule has 8 heteroatoms. The third kappa shape index (κ3) is 6.16. The maximum atomic E-state index is 12.1. The predicted molar refractivity (Wildman–Crippen MR) is 77.9 cm³/mol. The zero-order chi connectivity index (χ0) is 17.4. The molecule has 1 amide bonds. The predicted octanol–water partition coefficient (Wildman–Crippen LogP) is 0.748. The minimum absolute atomic E-state index is 0.0962. The Kier molecular flexibility index (Phi) is 6.72. The number of benzene rings is 1. The van der Waals surface area contributed by atoms with Crippen LogP contribution in [0.4, 0.5) is 0 Å². The zero-order valence-electron chi connectivity index (χ0n) is 12.7. The summed E-state index contributed by atoms with van der Waals surface area (Å²) < 4.78 is 9.51. The number of aliphatic carboxylic acids is 1. The summed E-state index contributed by atoms with van der Waals surface area (Å²) in [5, 5.41) is 11.3. The second-order valence-corrected chi connectivity index (χ2v) is 4.49. The van der Waals surface area contributed by atoms with Crippen LogP contribution in [0, 0.1) is 0 Å². The zero-order valence-corrected chi connectivity index (χ0v) is 12.7. The van der Waals surface area contributed by atoms with E-state index >= 15 is 0 Å². The largest absolute Gasteiger partial charge is 0.480 e. The Bertz CT molecular complexity index is 612. The molecule has 0 saturated carbocycles. The topological polar surface area (TPSA) is 119 Å². The number of rotatable bonds is 7. The molecule has 0 heterocycles. The molecule has 1 atom stereocenters. The van der Waals surface area contributed by atoms with Crippen LogP contribution in [0.25, 0.3) is 0 Å². The lowest BCUT2D eigenvalue weighted by atomic mass is 10.1. The minimum Gasteiger partial charge on any atom is -0.480 e. The van der Waals surface area contributed by atoms with Crippen molar-refractivity contribution in [3.63, 3.8) is 0 Å². The molecule has 1 aromatic carbocycles. The fraction of sp³-hybridized carbons (Fsp3) is 0.333. The summed E-state index contributed by atoms with van der Waals surface area (Å²) >= 11 is 0. The Morgan fingerprint density at radius 1 is 1.26 bits per heavy atom. The van der Waals surface area contributed by atoms with Crippen LogP contribution >= 0.6 is 0 Å². The molecule has 1 aromatic rings. The lowest BCUT2D eigenvalue weighted by molar-refractivity contribution is -0.149. The van der Waals surface area contributed by atoms with Gasteiger partial charge in [0.05, 0.1) is 13.0 Å². The van der Waals surface area contributed by atoms with Crippen molar-refractivity contribution in [3.05, 3.63) is 29.8 Å². The summed E-state index contributed by atoms with van der Waals surface area (Å²) in [5.41, 5.74) is 0.0962. The van der Waals surface area contributed by atoms with Crippen molar-refractivity contribution >= 4 is 23.8 Å². The third-order valence-electron chi connectivity index (χ3n) is 2.64. The van der Waals surface area contributed by atoms with Gasteiger partial charge in [-0.25, -0.2) is 4.79 Å². The highest BCUT2D eigenvalue weighted by Gasteiger charge is 2.24. The van der Waals surface area contributed by atoms with Gasteiger partial charge in [0, 0.05) is 12.5 Å². The number of esters is 2. The van der Waals surface area contributed by atoms with E-state index in [0.29, 0.717) is 0 Å². The Morgan fingerprint density at radius 3 is 2.52 bits per heavy atom. The molecule has 23 heavy (non-hydrogen) atoms. The number of carbonyl (C=O) groups excluding carboxylic acids is 3. The van der Waals surface area contributed by atoms with Crippen molar-refractivity contribution in [1.82, 2.24) is 5.32 Å². The summed E-state index contributed by atoms with van der Waals surface area (Å²) in [6, 6.07) is 4.25. The number of hydrogen-bond donors (Lipinski definition) is 2. The first-order valence-electron chi connectivity index (χ1n) is 6.81. The molecule has 2 N–H and O–H groups in total. The van der Waals surface area contributed by atoms with Crippen molar-refractivity contribution < 1.29 is 33.8 Å². The smallest absolute Gasteiger partial charge is 0.326 e. The van der Waals surface area contributed by atoms with Crippen LogP contribution in [-0.4, -0.2) is 41.6 Å². The van der Waals surface area contributed by atoms with Gasteiger partial charge >= 0.3 is 17.9 Å². The third-order valence-corrected chi connectivity index (χ3v) is 2.64. The Labute approximate surface area is 132 Å². The van der Waals surface area contributed by atoms with Crippen LogP contribution in [0.1, 0.15) is 30.6 Å². The lowest BCUT2D eigenvalue weighted by Gasteiger charge is -2.14. The van der Waals surface area contributed by atoms with Crippen molar-refractivity contribution in [3.8, 4) is 5.75 Å². The summed E-state index contributed by atoms with van der Waals surface area (Å²) in [6.07, 6.45) is -0.488. The summed E-state index contributed by atoms with van der Waals surface area (Å²) in [7, 11) is 0. The lowest BCUT2D eigenvalue weighted by Crippen LogP contribution is -2.42. The standard InChI is InChI=1S/C15H17NO7/c1-3-22-13(18)8-12(15(20)21)16-14(19)10-5-4-6-11(7-10)23-9(2)17/h4-7,12H,3,8H2,1-2H3,(H,16,19)(H,20,21)/t12-/m0/s1. The molecule has 0 saturated heterocycles. The Morgan fingerprint density at radius 2 is 1.96 bits per heavy atom. The van der Waals surface area contributed by atoms with E-state index in [4.69, 9.17) is 9.84 Å². The van der Waals surface area contributed by atoms with Gasteiger partial charge in [0.15, 0.2) is 0 Å². The van der Waals surface area contributed by atoms with E-state index in [1.165, 1.54) is 31.2 Å². The molecule has 0 aromatic heterocycles. The molecule has 0 aliphatic carbocycles. The summed E-state index contributed by atoms with van der Waals surface area (Å²) in [6.45, 7) is 2.92. The van der Waals surface area contributed by atoms with E-state index in [1.807, 2.05) is 0 Å². The van der Waals surface area contributed by atoms with Crippen LogP contribution in [0.15, 0.2) is 24.3 Å². The average molecular weight is 323 g/mol. The fourth-order valence-corrected chi connectivity index (χ4v) is 1.70. The monoisotopic (exact) mass is 323 g/mol. The highest BCUT2D eigenvalue weighted by molar-refractivity contribution is 5.97. The van der Waals surface area contributed by atoms with E-state index in [-0.39, 0.29) is 17.9 Å². The second-order valence-electron chi connectivity index (χ2n) is 4.49. The van der Waals surface area contributed by atoms with E-state index in [2.05, 4.69) is 10.1 Å². The maximum Gasteiger partial charge on any atom is 0.326 e. The van der Waals surface area contributed by atoms with Crippen molar-refractivity contribution in [2.45, 2.75) is 26.3 Å². The van der Waals surface area contributed by atoms with Gasteiger partial charge in [-0.05, 0) is 25.1 Å². The maximum absolute atomic E-state index is 12.1. The second kappa shape index (κ2) is 8.52. The molecule has 8 nitrogen and oxygen atoms in total. The number of hydrogen-bond acceptors (Lipinski definition) is 6. The number of nitrogens with one attached hydrogen (secondary N) is 1. The minimum atomic E-state index is -1.42. The normalized spacial score (nSPS) is 11.2. The van der Waals surface area contributed by atoms with Crippen LogP contribution in [-0.2, 0) is 19.1 Å². The molecule has 0 aliphatic heterocycles. The molecule has 0 bridgehead atoms. The highest BCUT2D eigenvalue weighted by Crippen LogP contribution is 2.14. The van der Waals surface area contributed by atoms with Gasteiger partial charge in [-0.15, -0.1) is 0 Å². The van der Waals surface area contributed by atoms with Crippen molar-refractivity contribution in [2.75, 3.05) is 6.61 Å². The van der Waals surface area contributed by atoms with Crippen LogP contribution in [0.2, 0.25) is 0 Å². The first kappa shape index (κ1) is 18.1. The fourth-order valence-electron chi connectivity index (χ4n) is 1.70. The Balaban J connectivity index is 2.80. The van der Waals surface area contributed by atoms with Gasteiger partial charge in [0.1, 0.15) is 11.8 Å². The number of carbonyl (C=O) groups is 4. The molecule has 0 spiro atoms. The molecule has 0 aliphatic rings. The summed E-state index contributed by atoms with van der Waals surface area (Å²) in [4.78, 5) is 45.4. The highest BCUT2D eigenvalue weighted by atomic mass is 16.5. The Hall–Kier alpha value is -2.90. The molecular formula is C15H17NO7. The van der Waals surface area contributed by atoms with Gasteiger partial charge in [0.2, 0.25) is 0 Å². The van der Waals surface area contributed by atoms with E-state index < -0.39 is 36.3 Å². The van der Waals surface area contributed by atoms with E-state index in [0.717, 1.165) is 0 Å².